The Morgan fingerprint density at radius 1 is 1.33 bits per heavy atom. The van der Waals surface area contributed by atoms with E-state index in [1.807, 2.05) is 0 Å². The third-order valence-corrected chi connectivity index (χ3v) is 4.60. The van der Waals surface area contributed by atoms with Crippen molar-refractivity contribution in [1.82, 2.24) is 15.1 Å². The molecule has 0 aromatic carbocycles. The summed E-state index contributed by atoms with van der Waals surface area (Å²) in [5.41, 5.74) is 0. The van der Waals surface area contributed by atoms with Gasteiger partial charge in [0.2, 0.25) is 5.13 Å². The van der Waals surface area contributed by atoms with Gasteiger partial charge in [0.15, 0.2) is 3.92 Å². The maximum atomic E-state index is 4.09. The lowest BCUT2D eigenvalue weighted by molar-refractivity contribution is 0.318. The van der Waals surface area contributed by atoms with E-state index in [0.29, 0.717) is 6.04 Å². The van der Waals surface area contributed by atoms with Crippen LogP contribution in [-0.4, -0.2) is 40.3 Å². The minimum absolute atomic E-state index is 0.576. The smallest absolute Gasteiger partial charge is 0.206 e. The van der Waals surface area contributed by atoms with E-state index in [-0.39, 0.29) is 0 Å². The Kier molecular flexibility index (Phi) is 2.66. The van der Waals surface area contributed by atoms with Crippen LogP contribution in [0.4, 0.5) is 5.13 Å². The predicted octanol–water partition coefficient (Wildman–Crippen LogP) is 1.95. The van der Waals surface area contributed by atoms with Crippen molar-refractivity contribution >= 4 is 32.4 Å². The molecule has 0 spiro atoms. The van der Waals surface area contributed by atoms with E-state index in [2.05, 4.69) is 36.3 Å². The van der Waals surface area contributed by atoms with Crippen LogP contribution in [0.2, 0.25) is 0 Å². The molecule has 15 heavy (non-hydrogen) atoms. The highest BCUT2D eigenvalue weighted by Crippen LogP contribution is 2.31. The van der Waals surface area contributed by atoms with Crippen LogP contribution >= 0.6 is 27.3 Å². The fourth-order valence-corrected chi connectivity index (χ4v) is 3.75. The van der Waals surface area contributed by atoms with Gasteiger partial charge in [0.1, 0.15) is 0 Å². The Morgan fingerprint density at radius 2 is 2.27 bits per heavy atom. The zero-order chi connectivity index (χ0) is 10.3. The molecular formula is C9H13BrN4S. The lowest BCUT2D eigenvalue weighted by atomic mass is 10.1. The molecule has 1 N–H and O–H groups in total. The molecule has 0 aliphatic carbocycles. The minimum atomic E-state index is 0.576. The van der Waals surface area contributed by atoms with Gasteiger partial charge in [-0.15, -0.1) is 10.2 Å². The van der Waals surface area contributed by atoms with Crippen LogP contribution in [0.3, 0.4) is 0 Å². The lowest BCUT2D eigenvalue weighted by Crippen LogP contribution is -2.33. The van der Waals surface area contributed by atoms with Gasteiger partial charge < -0.3 is 5.32 Å². The van der Waals surface area contributed by atoms with Gasteiger partial charge in [-0.3, -0.25) is 4.90 Å². The summed E-state index contributed by atoms with van der Waals surface area (Å²) in [6.07, 6.45) is 3.92. The van der Waals surface area contributed by atoms with E-state index < -0.39 is 0 Å². The summed E-state index contributed by atoms with van der Waals surface area (Å²) in [6, 6.07) is 1.31. The van der Waals surface area contributed by atoms with E-state index >= 15 is 0 Å². The third-order valence-electron chi connectivity index (χ3n) is 3.32. The zero-order valence-corrected chi connectivity index (χ0v) is 10.7. The zero-order valence-electron chi connectivity index (χ0n) is 8.32. The quantitative estimate of drug-likeness (QED) is 0.903. The van der Waals surface area contributed by atoms with Gasteiger partial charge in [-0.2, -0.15) is 0 Å². The topological polar surface area (TPSA) is 41.1 Å². The molecule has 2 saturated heterocycles. The summed E-state index contributed by atoms with van der Waals surface area (Å²) < 4.78 is 0.853. The summed E-state index contributed by atoms with van der Waals surface area (Å²) >= 11 is 4.91. The van der Waals surface area contributed by atoms with Crippen LogP contribution in [0.1, 0.15) is 19.3 Å². The van der Waals surface area contributed by atoms with Crippen LogP contribution in [-0.2, 0) is 0 Å². The second kappa shape index (κ2) is 3.99. The first-order valence-electron chi connectivity index (χ1n) is 5.32. The Hall–Kier alpha value is -0.200. The minimum Gasteiger partial charge on any atom is -0.356 e. The third kappa shape index (κ3) is 1.90. The SMILES string of the molecule is Brc1nnc(NC2CCN3CCCC23)s1. The molecule has 3 rings (SSSR count). The molecule has 82 valence electrons. The molecular weight excluding hydrogens is 276 g/mol. The van der Waals surface area contributed by atoms with Crippen molar-refractivity contribution in [1.29, 1.82) is 0 Å². The van der Waals surface area contributed by atoms with Crippen molar-refractivity contribution in [2.75, 3.05) is 18.4 Å². The van der Waals surface area contributed by atoms with Gasteiger partial charge in [-0.05, 0) is 41.7 Å². The van der Waals surface area contributed by atoms with E-state index in [1.165, 1.54) is 32.4 Å². The fraction of sp³-hybridized carbons (Fsp3) is 0.778. The molecule has 2 unspecified atom stereocenters. The molecule has 1 aromatic rings. The van der Waals surface area contributed by atoms with Gasteiger partial charge in [0, 0.05) is 18.6 Å². The molecule has 2 aliphatic rings. The van der Waals surface area contributed by atoms with Crippen molar-refractivity contribution in [2.24, 2.45) is 0 Å². The maximum absolute atomic E-state index is 4.09. The molecule has 0 bridgehead atoms. The van der Waals surface area contributed by atoms with Gasteiger partial charge in [0.25, 0.3) is 0 Å². The fourth-order valence-electron chi connectivity index (χ4n) is 2.67. The Bertz CT molecular complexity index is 356. The lowest BCUT2D eigenvalue weighted by Gasteiger charge is -2.20. The number of nitrogens with zero attached hydrogens (tertiary/aromatic N) is 3. The Labute approximate surface area is 101 Å². The number of rotatable bonds is 2. The van der Waals surface area contributed by atoms with E-state index in [0.717, 1.165) is 15.1 Å². The molecule has 2 atom stereocenters. The summed E-state index contributed by atoms with van der Waals surface area (Å²) in [5.74, 6) is 0. The van der Waals surface area contributed by atoms with Gasteiger partial charge in [-0.25, -0.2) is 0 Å². The first-order chi connectivity index (χ1) is 7.33. The highest BCUT2D eigenvalue weighted by atomic mass is 79.9. The monoisotopic (exact) mass is 288 g/mol. The molecule has 4 nitrogen and oxygen atoms in total. The molecule has 0 saturated carbocycles. The largest absolute Gasteiger partial charge is 0.356 e. The first-order valence-corrected chi connectivity index (χ1v) is 6.93. The highest BCUT2D eigenvalue weighted by Gasteiger charge is 2.37. The van der Waals surface area contributed by atoms with Crippen LogP contribution < -0.4 is 5.32 Å². The van der Waals surface area contributed by atoms with Crippen molar-refractivity contribution in [2.45, 2.75) is 31.3 Å². The van der Waals surface area contributed by atoms with E-state index in [1.54, 1.807) is 11.3 Å². The van der Waals surface area contributed by atoms with Crippen molar-refractivity contribution in [3.05, 3.63) is 3.92 Å². The average Bonchev–Trinajstić information content (AvgIpc) is 2.85. The summed E-state index contributed by atoms with van der Waals surface area (Å²) in [4.78, 5) is 2.59. The standard InChI is InChI=1S/C9H13BrN4S/c10-8-12-13-9(15-8)11-6-3-5-14-4-1-2-7(6)14/h6-7H,1-5H2,(H,11,13). The molecule has 0 radical (unpaired) electrons. The van der Waals surface area contributed by atoms with Crippen molar-refractivity contribution < 1.29 is 0 Å². The Balaban J connectivity index is 1.68. The van der Waals surface area contributed by atoms with Crippen LogP contribution in [0, 0.1) is 0 Å². The number of fused-ring (bicyclic) bond motifs is 1. The highest BCUT2D eigenvalue weighted by molar-refractivity contribution is 9.11. The molecule has 2 aliphatic heterocycles. The van der Waals surface area contributed by atoms with E-state index in [9.17, 15) is 0 Å². The second-order valence-electron chi connectivity index (χ2n) is 4.15. The number of aromatic nitrogens is 2. The Morgan fingerprint density at radius 3 is 3.07 bits per heavy atom. The molecule has 0 amide bonds. The molecule has 6 heteroatoms. The predicted molar refractivity (Wildman–Crippen MR) is 64.2 cm³/mol. The molecule has 3 heterocycles. The van der Waals surface area contributed by atoms with Crippen LogP contribution in [0.15, 0.2) is 3.92 Å². The summed E-state index contributed by atoms with van der Waals surface area (Å²) in [7, 11) is 0. The van der Waals surface area contributed by atoms with Crippen molar-refractivity contribution in [3.63, 3.8) is 0 Å². The number of hydrogen-bond donors (Lipinski definition) is 1. The van der Waals surface area contributed by atoms with Crippen LogP contribution in [0.5, 0.6) is 0 Å². The molecule has 1 aromatic heterocycles. The molecule has 2 fully saturated rings. The maximum Gasteiger partial charge on any atom is 0.206 e. The van der Waals surface area contributed by atoms with Crippen molar-refractivity contribution in [3.8, 4) is 0 Å². The second-order valence-corrected chi connectivity index (χ2v) is 6.40. The van der Waals surface area contributed by atoms with Crippen LogP contribution in [0.25, 0.3) is 0 Å². The van der Waals surface area contributed by atoms with E-state index in [4.69, 9.17) is 0 Å². The normalized spacial score (nSPS) is 30.7. The summed E-state index contributed by atoms with van der Waals surface area (Å²) in [6.45, 7) is 2.52. The number of halogens is 1. The van der Waals surface area contributed by atoms with Gasteiger partial charge >= 0.3 is 0 Å². The first kappa shape index (κ1) is 9.99. The van der Waals surface area contributed by atoms with Gasteiger partial charge in [-0.1, -0.05) is 11.3 Å². The summed E-state index contributed by atoms with van der Waals surface area (Å²) in [5, 5.41) is 12.5. The van der Waals surface area contributed by atoms with Gasteiger partial charge in [0.05, 0.1) is 0 Å². The number of hydrogen-bond acceptors (Lipinski definition) is 5. The average molecular weight is 289 g/mol. The number of nitrogens with one attached hydrogen (secondary N) is 1. The number of anilines is 1.